The van der Waals surface area contributed by atoms with Crippen LogP contribution >= 0.6 is 11.6 Å². The summed E-state index contributed by atoms with van der Waals surface area (Å²) in [6.07, 6.45) is 1.95. The van der Waals surface area contributed by atoms with Crippen molar-refractivity contribution in [2.75, 3.05) is 7.11 Å². The van der Waals surface area contributed by atoms with Gasteiger partial charge in [0, 0.05) is 16.8 Å². The second-order valence-electron chi connectivity index (χ2n) is 7.05. The van der Waals surface area contributed by atoms with E-state index in [1.54, 1.807) is 25.3 Å². The molecule has 0 aliphatic rings. The third-order valence-electron chi connectivity index (χ3n) is 5.01. The number of benzene rings is 2. The molecule has 148 valence electrons. The Kier molecular flexibility index (Phi) is 4.29. The Hall–Kier alpha value is -3.64. The quantitative estimate of drug-likeness (QED) is 0.455. The number of H-pyrrole nitrogens is 1. The lowest BCUT2D eigenvalue weighted by Crippen LogP contribution is -2.13. The van der Waals surface area contributed by atoms with E-state index in [0.717, 1.165) is 22.5 Å². The molecule has 0 spiro atoms. The molecular formula is C23H17ClN4O2. The molecule has 2 aromatic carbocycles. The van der Waals surface area contributed by atoms with Crippen molar-refractivity contribution < 1.29 is 4.74 Å². The number of rotatable bonds is 3. The summed E-state index contributed by atoms with van der Waals surface area (Å²) in [4.78, 5) is 25.4. The second-order valence-corrected chi connectivity index (χ2v) is 7.48. The normalized spacial score (nSPS) is 11.3. The first-order chi connectivity index (χ1) is 14.5. The van der Waals surface area contributed by atoms with Gasteiger partial charge in [0.25, 0.3) is 5.56 Å². The average molecular weight is 417 g/mol. The van der Waals surface area contributed by atoms with Crippen molar-refractivity contribution in [1.29, 1.82) is 0 Å². The molecule has 7 heteroatoms. The number of fused-ring (bicyclic) bond motifs is 2. The maximum absolute atomic E-state index is 13.0. The number of nitrogens with one attached hydrogen (secondary N) is 1. The van der Waals surface area contributed by atoms with E-state index in [-0.39, 0.29) is 11.3 Å². The van der Waals surface area contributed by atoms with E-state index in [1.807, 2.05) is 53.9 Å². The Morgan fingerprint density at radius 3 is 2.57 bits per heavy atom. The van der Waals surface area contributed by atoms with Crippen LogP contribution in [0.15, 0.2) is 65.6 Å². The van der Waals surface area contributed by atoms with Crippen molar-refractivity contribution in [1.82, 2.24) is 19.4 Å². The number of hydrogen-bond donors (Lipinski definition) is 1. The van der Waals surface area contributed by atoms with E-state index in [9.17, 15) is 4.79 Å². The van der Waals surface area contributed by atoms with Gasteiger partial charge in [0.05, 0.1) is 23.8 Å². The fourth-order valence-electron chi connectivity index (χ4n) is 3.54. The van der Waals surface area contributed by atoms with E-state index in [4.69, 9.17) is 21.3 Å². The highest BCUT2D eigenvalue weighted by Crippen LogP contribution is 2.32. The van der Waals surface area contributed by atoms with Crippen molar-refractivity contribution in [2.45, 2.75) is 6.92 Å². The van der Waals surface area contributed by atoms with Crippen LogP contribution in [-0.4, -0.2) is 26.5 Å². The van der Waals surface area contributed by atoms with Crippen molar-refractivity contribution >= 4 is 28.3 Å². The van der Waals surface area contributed by atoms with Gasteiger partial charge < -0.3 is 9.72 Å². The number of aromatic nitrogens is 4. The number of pyridine rings is 1. The first-order valence-electron chi connectivity index (χ1n) is 9.36. The number of imidazole rings is 1. The number of halogens is 1. The number of aryl methyl sites for hydroxylation is 1. The van der Waals surface area contributed by atoms with Gasteiger partial charge in [-0.25, -0.2) is 9.97 Å². The lowest BCUT2D eigenvalue weighted by Gasteiger charge is -2.07. The lowest BCUT2D eigenvalue weighted by molar-refractivity contribution is 0.415. The summed E-state index contributed by atoms with van der Waals surface area (Å²) >= 11 is 6.15. The number of hydrogen-bond acceptors (Lipinski definition) is 4. The average Bonchev–Trinajstić information content (AvgIpc) is 3.12. The van der Waals surface area contributed by atoms with Crippen LogP contribution in [0.4, 0.5) is 0 Å². The number of ether oxygens (including phenoxy) is 1. The predicted octanol–water partition coefficient (Wildman–Crippen LogP) is 4.88. The molecule has 0 saturated heterocycles. The first-order valence-corrected chi connectivity index (χ1v) is 9.74. The molecule has 0 unspecified atom stereocenters. The minimum atomic E-state index is -0.289. The monoisotopic (exact) mass is 416 g/mol. The van der Waals surface area contributed by atoms with E-state index in [1.165, 1.54) is 0 Å². The van der Waals surface area contributed by atoms with Gasteiger partial charge in [0.1, 0.15) is 17.1 Å². The van der Waals surface area contributed by atoms with Crippen LogP contribution < -0.4 is 10.3 Å². The SMILES string of the molecule is COc1ccc(-c2nc3ccc(C)cn3c2-c2nc3cc(Cl)ccc3[nH]c2=O)cc1. The molecule has 30 heavy (non-hydrogen) atoms. The van der Waals surface area contributed by atoms with Gasteiger partial charge in [0.2, 0.25) is 0 Å². The molecule has 3 aromatic heterocycles. The molecule has 5 aromatic rings. The fraction of sp³-hybridized carbons (Fsp3) is 0.0870. The van der Waals surface area contributed by atoms with Gasteiger partial charge in [-0.2, -0.15) is 0 Å². The fourth-order valence-corrected chi connectivity index (χ4v) is 3.71. The zero-order valence-electron chi connectivity index (χ0n) is 16.3. The molecule has 0 bridgehead atoms. The maximum atomic E-state index is 13.0. The molecule has 0 atom stereocenters. The van der Waals surface area contributed by atoms with Gasteiger partial charge in [-0.1, -0.05) is 17.7 Å². The third-order valence-corrected chi connectivity index (χ3v) is 5.24. The van der Waals surface area contributed by atoms with Crippen molar-refractivity contribution in [3.05, 3.63) is 81.7 Å². The topological polar surface area (TPSA) is 72.3 Å². The molecule has 6 nitrogen and oxygen atoms in total. The van der Waals surface area contributed by atoms with Gasteiger partial charge in [-0.3, -0.25) is 9.20 Å². The van der Waals surface area contributed by atoms with Gasteiger partial charge in [0.15, 0.2) is 5.69 Å². The largest absolute Gasteiger partial charge is 0.497 e. The lowest BCUT2D eigenvalue weighted by atomic mass is 10.1. The Bertz CT molecular complexity index is 1470. The molecule has 0 amide bonds. The Balaban J connectivity index is 1.85. The second kappa shape index (κ2) is 7.00. The smallest absolute Gasteiger partial charge is 0.276 e. The minimum Gasteiger partial charge on any atom is -0.497 e. The highest BCUT2D eigenvalue weighted by atomic mass is 35.5. The molecule has 1 N–H and O–H groups in total. The van der Waals surface area contributed by atoms with Crippen molar-refractivity contribution in [3.8, 4) is 28.4 Å². The van der Waals surface area contributed by atoms with Crippen LogP contribution in [0.5, 0.6) is 5.75 Å². The summed E-state index contributed by atoms with van der Waals surface area (Å²) in [5.41, 5.74) is 5.17. The third kappa shape index (κ3) is 3.02. The molecule has 0 aliphatic heterocycles. The van der Waals surface area contributed by atoms with E-state index in [0.29, 0.717) is 27.4 Å². The summed E-state index contributed by atoms with van der Waals surface area (Å²) in [5, 5.41) is 0.553. The number of nitrogens with zero attached hydrogens (tertiary/aromatic N) is 3. The standard InChI is InChI=1S/C23H17ClN4O2/c1-13-3-10-19-27-20(14-4-7-16(30-2)8-5-14)22(28(19)12-13)21-23(29)26-17-9-6-15(24)11-18(17)25-21/h3-12H,1-2H3,(H,26,29). The summed E-state index contributed by atoms with van der Waals surface area (Å²) in [6, 6.07) is 16.7. The maximum Gasteiger partial charge on any atom is 0.276 e. The molecular weight excluding hydrogens is 400 g/mol. The van der Waals surface area contributed by atoms with Gasteiger partial charge in [-0.15, -0.1) is 0 Å². The zero-order chi connectivity index (χ0) is 20.8. The Morgan fingerprint density at radius 2 is 1.80 bits per heavy atom. The Labute approximate surface area is 176 Å². The van der Waals surface area contributed by atoms with Crippen LogP contribution in [0.3, 0.4) is 0 Å². The van der Waals surface area contributed by atoms with E-state index >= 15 is 0 Å². The van der Waals surface area contributed by atoms with E-state index < -0.39 is 0 Å². The van der Waals surface area contributed by atoms with Crippen LogP contribution in [0.25, 0.3) is 39.3 Å². The molecule has 0 aliphatic carbocycles. The highest BCUT2D eigenvalue weighted by molar-refractivity contribution is 6.31. The van der Waals surface area contributed by atoms with Crippen LogP contribution in [0, 0.1) is 6.92 Å². The van der Waals surface area contributed by atoms with Crippen molar-refractivity contribution in [2.24, 2.45) is 0 Å². The van der Waals surface area contributed by atoms with Crippen molar-refractivity contribution in [3.63, 3.8) is 0 Å². The first kappa shape index (κ1) is 18.4. The highest BCUT2D eigenvalue weighted by Gasteiger charge is 2.20. The molecule has 0 saturated carbocycles. The van der Waals surface area contributed by atoms with Crippen LogP contribution in [0.2, 0.25) is 5.02 Å². The summed E-state index contributed by atoms with van der Waals surface area (Å²) in [7, 11) is 1.62. The summed E-state index contributed by atoms with van der Waals surface area (Å²) < 4.78 is 7.17. The van der Waals surface area contributed by atoms with Gasteiger partial charge >= 0.3 is 0 Å². The number of methoxy groups -OCH3 is 1. The van der Waals surface area contributed by atoms with Crippen LogP contribution in [0.1, 0.15) is 5.56 Å². The van der Waals surface area contributed by atoms with E-state index in [2.05, 4.69) is 9.97 Å². The summed E-state index contributed by atoms with van der Waals surface area (Å²) in [6.45, 7) is 1.99. The zero-order valence-corrected chi connectivity index (χ0v) is 17.1. The summed E-state index contributed by atoms with van der Waals surface area (Å²) in [5.74, 6) is 0.747. The molecule has 0 radical (unpaired) electrons. The van der Waals surface area contributed by atoms with Gasteiger partial charge in [-0.05, 0) is 61.0 Å². The van der Waals surface area contributed by atoms with Crippen LogP contribution in [-0.2, 0) is 0 Å². The Morgan fingerprint density at radius 1 is 1.00 bits per heavy atom. The molecule has 3 heterocycles. The minimum absolute atomic E-state index is 0.286. The molecule has 5 rings (SSSR count). The number of aromatic amines is 1. The predicted molar refractivity (Wildman–Crippen MR) is 118 cm³/mol. The molecule has 0 fully saturated rings.